The minimum Gasteiger partial charge on any atom is -0.488 e. The van der Waals surface area contributed by atoms with E-state index < -0.39 is 23.6 Å². The Morgan fingerprint density at radius 2 is 1.83 bits per heavy atom. The number of carboxylic acids is 1. The molecule has 0 radical (unpaired) electrons. The van der Waals surface area contributed by atoms with Gasteiger partial charge in [0.15, 0.2) is 0 Å². The van der Waals surface area contributed by atoms with Gasteiger partial charge in [0.1, 0.15) is 29.5 Å². The first-order chi connectivity index (χ1) is 16.6. The molecule has 11 heteroatoms. The van der Waals surface area contributed by atoms with E-state index in [9.17, 15) is 23.1 Å². The Bertz CT molecular complexity index is 1320. The second kappa shape index (κ2) is 9.87. The lowest BCUT2D eigenvalue weighted by molar-refractivity contribution is -0.138. The van der Waals surface area contributed by atoms with Crippen molar-refractivity contribution in [2.75, 3.05) is 0 Å². The molecule has 2 aromatic heterocycles. The molecule has 7 nitrogen and oxygen atoms in total. The molecular formula is C24H21F3N4O3S. The molecular weight excluding hydrogens is 481 g/mol. The van der Waals surface area contributed by atoms with Crippen molar-refractivity contribution in [2.24, 2.45) is 7.05 Å². The largest absolute Gasteiger partial charge is 0.488 e. The quantitative estimate of drug-likeness (QED) is 0.345. The Hall–Kier alpha value is -3.73. The number of aryl methyl sites for hydroxylation is 2. The van der Waals surface area contributed by atoms with E-state index in [2.05, 4.69) is 15.2 Å². The van der Waals surface area contributed by atoms with Crippen molar-refractivity contribution in [1.29, 1.82) is 0 Å². The van der Waals surface area contributed by atoms with Crippen LogP contribution in [0.1, 0.15) is 39.9 Å². The summed E-state index contributed by atoms with van der Waals surface area (Å²) >= 11 is 1.36. The van der Waals surface area contributed by atoms with Crippen molar-refractivity contribution in [3.05, 3.63) is 82.4 Å². The topological polar surface area (TPSA) is 90.1 Å². The fourth-order valence-corrected chi connectivity index (χ4v) is 4.55. The average molecular weight is 503 g/mol. The molecule has 0 saturated heterocycles. The van der Waals surface area contributed by atoms with Crippen LogP contribution < -0.4 is 4.74 Å². The first kappa shape index (κ1) is 24.4. The number of aliphatic carboxylic acids is 1. The lowest BCUT2D eigenvalue weighted by Gasteiger charge is -2.15. The standard InChI is InChI=1S/C24H21F3N4O3S/c1-14-20(35-23(29-14)16-3-7-17(8-4-16)24(25,26)27)12-34-18-9-5-15(6-10-18)19(11-21(32)33)22-30-28-13-31(22)2/h3-10,13,19H,11-12H2,1-2H3,(H,32,33)/t19-/m0/s1. The monoisotopic (exact) mass is 502 g/mol. The van der Waals surface area contributed by atoms with Gasteiger partial charge in [-0.3, -0.25) is 4.79 Å². The van der Waals surface area contributed by atoms with Gasteiger partial charge in [0.2, 0.25) is 0 Å². The van der Waals surface area contributed by atoms with Crippen molar-refractivity contribution >= 4 is 17.3 Å². The van der Waals surface area contributed by atoms with E-state index in [-0.39, 0.29) is 13.0 Å². The van der Waals surface area contributed by atoms with Crippen LogP contribution in [0.25, 0.3) is 10.6 Å². The molecule has 4 aromatic rings. The molecule has 0 fully saturated rings. The molecule has 2 heterocycles. The number of thiazole rings is 1. The fraction of sp³-hybridized carbons (Fsp3) is 0.250. The number of benzene rings is 2. The Morgan fingerprint density at radius 1 is 1.14 bits per heavy atom. The maximum absolute atomic E-state index is 12.8. The third kappa shape index (κ3) is 5.68. The molecule has 0 bridgehead atoms. The van der Waals surface area contributed by atoms with Crippen molar-refractivity contribution in [3.8, 4) is 16.3 Å². The number of carboxylic acid groups (broad SMARTS) is 1. The van der Waals surface area contributed by atoms with E-state index in [4.69, 9.17) is 4.74 Å². The van der Waals surface area contributed by atoms with Gasteiger partial charge in [-0.05, 0) is 36.8 Å². The molecule has 182 valence electrons. The van der Waals surface area contributed by atoms with Crippen LogP contribution in [0.5, 0.6) is 5.75 Å². The highest BCUT2D eigenvalue weighted by Gasteiger charge is 2.30. The van der Waals surface area contributed by atoms with Gasteiger partial charge in [0.25, 0.3) is 0 Å². The van der Waals surface area contributed by atoms with Crippen molar-refractivity contribution in [2.45, 2.75) is 32.0 Å². The molecule has 0 aliphatic heterocycles. The van der Waals surface area contributed by atoms with Gasteiger partial charge >= 0.3 is 12.1 Å². The first-order valence-corrected chi connectivity index (χ1v) is 11.4. The summed E-state index contributed by atoms with van der Waals surface area (Å²) in [5, 5.41) is 17.8. The van der Waals surface area contributed by atoms with Crippen molar-refractivity contribution < 1.29 is 27.8 Å². The van der Waals surface area contributed by atoms with E-state index >= 15 is 0 Å². The van der Waals surface area contributed by atoms with Crippen LogP contribution in [0.15, 0.2) is 54.9 Å². The number of alkyl halides is 3. The lowest BCUT2D eigenvalue weighted by atomic mass is 9.95. The van der Waals surface area contributed by atoms with E-state index in [1.165, 1.54) is 29.8 Å². The molecule has 0 spiro atoms. The predicted molar refractivity (Wildman–Crippen MR) is 123 cm³/mol. The Labute approximate surface area is 202 Å². The van der Waals surface area contributed by atoms with E-state index in [0.29, 0.717) is 22.1 Å². The summed E-state index contributed by atoms with van der Waals surface area (Å²) in [6.45, 7) is 2.06. The average Bonchev–Trinajstić information content (AvgIpc) is 3.41. The molecule has 4 rings (SSSR count). The second-order valence-electron chi connectivity index (χ2n) is 7.91. The summed E-state index contributed by atoms with van der Waals surface area (Å²) in [5.41, 5.74) is 1.42. The molecule has 1 N–H and O–H groups in total. The number of hydrogen-bond acceptors (Lipinski definition) is 6. The van der Waals surface area contributed by atoms with Gasteiger partial charge in [0.05, 0.1) is 28.5 Å². The second-order valence-corrected chi connectivity index (χ2v) is 8.99. The minimum absolute atomic E-state index is 0.125. The Balaban J connectivity index is 1.45. The summed E-state index contributed by atoms with van der Waals surface area (Å²) < 4.78 is 46.0. The van der Waals surface area contributed by atoms with E-state index in [1.54, 1.807) is 35.9 Å². The highest BCUT2D eigenvalue weighted by atomic mass is 32.1. The Morgan fingerprint density at radius 3 is 2.40 bits per heavy atom. The normalized spacial score (nSPS) is 12.5. The van der Waals surface area contributed by atoms with Gasteiger partial charge in [-0.1, -0.05) is 24.3 Å². The van der Waals surface area contributed by atoms with Crippen molar-refractivity contribution in [1.82, 2.24) is 19.7 Å². The zero-order valence-corrected chi connectivity index (χ0v) is 19.6. The van der Waals surface area contributed by atoms with Crippen LogP contribution in [0.4, 0.5) is 13.2 Å². The van der Waals surface area contributed by atoms with E-state index in [0.717, 1.165) is 28.3 Å². The Kier molecular flexibility index (Phi) is 6.88. The number of ether oxygens (including phenoxy) is 1. The highest BCUT2D eigenvalue weighted by Crippen LogP contribution is 2.33. The third-order valence-corrected chi connectivity index (χ3v) is 6.62. The maximum Gasteiger partial charge on any atom is 0.416 e. The maximum atomic E-state index is 12.8. The minimum atomic E-state index is -4.38. The molecule has 2 aromatic carbocycles. The van der Waals surface area contributed by atoms with Gasteiger partial charge in [-0.2, -0.15) is 13.2 Å². The summed E-state index contributed by atoms with van der Waals surface area (Å²) in [4.78, 5) is 16.7. The molecule has 35 heavy (non-hydrogen) atoms. The molecule has 0 unspecified atom stereocenters. The van der Waals surface area contributed by atoms with Gasteiger partial charge < -0.3 is 14.4 Å². The number of aromatic nitrogens is 4. The molecule has 0 aliphatic rings. The van der Waals surface area contributed by atoms with Crippen LogP contribution >= 0.6 is 11.3 Å². The highest BCUT2D eigenvalue weighted by molar-refractivity contribution is 7.15. The van der Waals surface area contributed by atoms with Gasteiger partial charge in [0, 0.05) is 12.6 Å². The number of nitrogens with zero attached hydrogens (tertiary/aromatic N) is 4. The van der Waals surface area contributed by atoms with Crippen LogP contribution in [0.2, 0.25) is 0 Å². The zero-order chi connectivity index (χ0) is 25.2. The van der Waals surface area contributed by atoms with E-state index in [1.807, 2.05) is 6.92 Å². The molecule has 1 atom stereocenters. The van der Waals surface area contributed by atoms with Gasteiger partial charge in [-0.15, -0.1) is 21.5 Å². The lowest BCUT2D eigenvalue weighted by Crippen LogP contribution is -2.12. The first-order valence-electron chi connectivity index (χ1n) is 10.5. The molecule has 0 aliphatic carbocycles. The van der Waals surface area contributed by atoms with Crippen LogP contribution in [0, 0.1) is 6.92 Å². The predicted octanol–water partition coefficient (Wildman–Crippen LogP) is 5.45. The number of hydrogen-bond donors (Lipinski definition) is 1. The number of rotatable bonds is 8. The van der Waals surface area contributed by atoms with Crippen LogP contribution in [0.3, 0.4) is 0 Å². The zero-order valence-electron chi connectivity index (χ0n) is 18.8. The molecule has 0 amide bonds. The van der Waals surface area contributed by atoms with Crippen LogP contribution in [-0.2, 0) is 24.6 Å². The summed E-state index contributed by atoms with van der Waals surface area (Å²) in [6, 6.07) is 12.0. The van der Waals surface area contributed by atoms with Crippen molar-refractivity contribution in [3.63, 3.8) is 0 Å². The third-order valence-electron chi connectivity index (χ3n) is 5.44. The number of halogens is 3. The molecule has 0 saturated carbocycles. The SMILES string of the molecule is Cc1nc(-c2ccc(C(F)(F)F)cc2)sc1COc1ccc([C@H](CC(=O)O)c2nncn2C)cc1. The van der Waals surface area contributed by atoms with Gasteiger partial charge in [-0.25, -0.2) is 4.98 Å². The smallest absolute Gasteiger partial charge is 0.416 e. The summed E-state index contributed by atoms with van der Waals surface area (Å²) in [6.07, 6.45) is -2.98. The van der Waals surface area contributed by atoms with Crippen LogP contribution in [-0.4, -0.2) is 30.8 Å². The summed E-state index contributed by atoms with van der Waals surface area (Å²) in [5.74, 6) is -0.256. The summed E-state index contributed by atoms with van der Waals surface area (Å²) in [7, 11) is 1.76. The number of carbonyl (C=O) groups is 1. The fourth-order valence-electron chi connectivity index (χ4n) is 3.57.